The maximum atomic E-state index is 12.9. The van der Waals surface area contributed by atoms with E-state index in [4.69, 9.17) is 16.3 Å². The lowest BCUT2D eigenvalue weighted by Crippen LogP contribution is -2.07. The topological polar surface area (TPSA) is 74.8 Å². The molecule has 0 saturated heterocycles. The van der Waals surface area contributed by atoms with Crippen LogP contribution in [0.2, 0.25) is 5.02 Å². The second-order valence-electron chi connectivity index (χ2n) is 6.85. The summed E-state index contributed by atoms with van der Waals surface area (Å²) in [6, 6.07) is 9.06. The summed E-state index contributed by atoms with van der Waals surface area (Å²) in [5.41, 5.74) is 2.59. The predicted molar refractivity (Wildman–Crippen MR) is 123 cm³/mol. The van der Waals surface area contributed by atoms with Crippen molar-refractivity contribution in [2.24, 2.45) is 7.05 Å². The second-order valence-corrected chi connectivity index (χ2v) is 9.10. The molecule has 0 aliphatic rings. The van der Waals surface area contributed by atoms with Crippen LogP contribution in [0.4, 0.5) is 0 Å². The highest BCUT2D eigenvalue weighted by Gasteiger charge is 2.19. The third-order valence-electron chi connectivity index (χ3n) is 4.78. The zero-order chi connectivity index (χ0) is 22.0. The first-order valence-corrected chi connectivity index (χ1v) is 11.7. The highest BCUT2D eigenvalue weighted by molar-refractivity contribution is 7.99. The molecule has 7 nitrogen and oxygen atoms in total. The molecule has 31 heavy (non-hydrogen) atoms. The van der Waals surface area contributed by atoms with Crippen LogP contribution in [0.15, 0.2) is 47.1 Å². The molecular weight excluding hydrogens is 454 g/mol. The van der Waals surface area contributed by atoms with Gasteiger partial charge < -0.3 is 9.30 Å². The summed E-state index contributed by atoms with van der Waals surface area (Å²) >= 11 is 8.79. The first kappa shape index (κ1) is 21.6. The fourth-order valence-corrected chi connectivity index (χ4v) is 4.84. The maximum absolute atomic E-state index is 12.9. The Labute approximate surface area is 193 Å². The van der Waals surface area contributed by atoms with E-state index in [9.17, 15) is 4.79 Å². The zero-order valence-electron chi connectivity index (χ0n) is 17.2. The lowest BCUT2D eigenvalue weighted by molar-refractivity contribution is 0.102. The molecule has 0 amide bonds. The van der Waals surface area contributed by atoms with Crippen LogP contribution in [0.3, 0.4) is 0 Å². The molecule has 0 N–H and O–H groups in total. The molecule has 3 aromatic heterocycles. The fraction of sp³-hybridized carbons (Fsp3) is 0.238. The lowest BCUT2D eigenvalue weighted by atomic mass is 10.2. The number of aromatic nitrogens is 5. The molecule has 4 rings (SSSR count). The Balaban J connectivity index is 1.40. The van der Waals surface area contributed by atoms with Crippen molar-refractivity contribution >= 4 is 40.5 Å². The summed E-state index contributed by atoms with van der Waals surface area (Å²) < 4.78 is 9.59. The Hall–Kier alpha value is -2.62. The van der Waals surface area contributed by atoms with Crippen LogP contribution in [0.1, 0.15) is 27.6 Å². The number of Topliss-reactive ketones (excluding diaryl/α,β-unsaturated/α-hetero) is 1. The van der Waals surface area contributed by atoms with Gasteiger partial charge in [-0.3, -0.25) is 9.36 Å². The van der Waals surface area contributed by atoms with Crippen LogP contribution in [-0.2, 0) is 13.7 Å². The number of aryl methyl sites for hydroxylation is 1. The largest absolute Gasteiger partial charge is 0.486 e. The average molecular weight is 474 g/mol. The Bertz CT molecular complexity index is 1200. The normalized spacial score (nSPS) is 11.1. The van der Waals surface area contributed by atoms with Crippen molar-refractivity contribution in [1.82, 2.24) is 24.3 Å². The number of ether oxygens (including phenoxy) is 1. The lowest BCUT2D eigenvalue weighted by Gasteiger charge is -2.07. The van der Waals surface area contributed by atoms with Gasteiger partial charge in [0.25, 0.3) is 0 Å². The third kappa shape index (κ3) is 4.68. The Kier molecular flexibility index (Phi) is 6.45. The number of thiazole rings is 1. The van der Waals surface area contributed by atoms with Crippen LogP contribution in [-0.4, -0.2) is 35.9 Å². The Morgan fingerprint density at radius 2 is 2.00 bits per heavy atom. The summed E-state index contributed by atoms with van der Waals surface area (Å²) in [7, 11) is 1.86. The van der Waals surface area contributed by atoms with Crippen LogP contribution in [0.5, 0.6) is 5.75 Å². The SMILES string of the molecule is Cc1cc(C(=O)CSc2nnc(COc3ccc(Cl)cc3)n2C)c(C)n1-c1nccs1. The minimum absolute atomic E-state index is 0.0443. The summed E-state index contributed by atoms with van der Waals surface area (Å²) in [5, 5.41) is 12.5. The van der Waals surface area contributed by atoms with Gasteiger partial charge in [-0.15, -0.1) is 21.5 Å². The number of ketones is 1. The quantitative estimate of drug-likeness (QED) is 0.268. The number of carbonyl (C=O) groups excluding carboxylic acids is 1. The number of benzene rings is 1. The fourth-order valence-electron chi connectivity index (χ4n) is 3.15. The standard InChI is InChI=1S/C21H20ClN5O2S2/c1-13-10-17(14(2)27(13)20-23-8-9-30-20)18(28)12-31-21-25-24-19(26(21)3)11-29-16-6-4-15(22)5-7-16/h4-10H,11-12H2,1-3H3. The van der Waals surface area contributed by atoms with Gasteiger partial charge in [-0.25, -0.2) is 4.98 Å². The van der Waals surface area contributed by atoms with Crippen molar-refractivity contribution in [2.75, 3.05) is 5.75 Å². The van der Waals surface area contributed by atoms with E-state index in [-0.39, 0.29) is 18.1 Å². The minimum Gasteiger partial charge on any atom is -0.486 e. The van der Waals surface area contributed by atoms with E-state index >= 15 is 0 Å². The molecule has 0 aliphatic carbocycles. The smallest absolute Gasteiger partial charge is 0.193 e. The average Bonchev–Trinajstić information content (AvgIpc) is 3.46. The molecule has 4 aromatic rings. The number of hydrogen-bond donors (Lipinski definition) is 0. The molecule has 0 fully saturated rings. The van der Waals surface area contributed by atoms with E-state index in [0.29, 0.717) is 27.3 Å². The molecule has 0 bridgehead atoms. The second kappa shape index (κ2) is 9.25. The Morgan fingerprint density at radius 1 is 1.23 bits per heavy atom. The molecule has 0 aliphatic heterocycles. The molecule has 0 spiro atoms. The van der Waals surface area contributed by atoms with E-state index in [2.05, 4.69) is 15.2 Å². The molecule has 1 aromatic carbocycles. The summed E-state index contributed by atoms with van der Waals surface area (Å²) in [6.07, 6.45) is 1.76. The molecule has 0 saturated carbocycles. The summed E-state index contributed by atoms with van der Waals surface area (Å²) in [5.74, 6) is 1.69. The highest BCUT2D eigenvalue weighted by Crippen LogP contribution is 2.25. The van der Waals surface area contributed by atoms with E-state index in [1.54, 1.807) is 41.8 Å². The van der Waals surface area contributed by atoms with Crippen molar-refractivity contribution in [3.63, 3.8) is 0 Å². The maximum Gasteiger partial charge on any atom is 0.193 e. The predicted octanol–water partition coefficient (Wildman–Crippen LogP) is 4.89. The highest BCUT2D eigenvalue weighted by atomic mass is 35.5. The number of rotatable bonds is 8. The molecule has 3 heterocycles. The minimum atomic E-state index is 0.0443. The van der Waals surface area contributed by atoms with E-state index in [1.165, 1.54) is 11.8 Å². The van der Waals surface area contributed by atoms with Crippen molar-refractivity contribution in [3.05, 3.63) is 69.7 Å². The van der Waals surface area contributed by atoms with Crippen LogP contribution >= 0.6 is 34.7 Å². The van der Waals surface area contributed by atoms with Crippen molar-refractivity contribution in [1.29, 1.82) is 0 Å². The van der Waals surface area contributed by atoms with Gasteiger partial charge in [0.1, 0.15) is 12.4 Å². The molecule has 0 atom stereocenters. The first-order valence-electron chi connectivity index (χ1n) is 9.45. The first-order chi connectivity index (χ1) is 14.9. The molecule has 0 radical (unpaired) electrons. The van der Waals surface area contributed by atoms with Crippen molar-refractivity contribution in [2.45, 2.75) is 25.6 Å². The van der Waals surface area contributed by atoms with E-state index in [1.807, 2.05) is 41.5 Å². The molecule has 0 unspecified atom stereocenters. The van der Waals surface area contributed by atoms with Gasteiger partial charge in [0.2, 0.25) is 0 Å². The van der Waals surface area contributed by atoms with Crippen molar-refractivity contribution < 1.29 is 9.53 Å². The molecule has 160 valence electrons. The number of carbonyl (C=O) groups is 1. The van der Waals surface area contributed by atoms with Crippen LogP contribution in [0.25, 0.3) is 5.13 Å². The number of thioether (sulfide) groups is 1. The van der Waals surface area contributed by atoms with Gasteiger partial charge >= 0.3 is 0 Å². The van der Waals surface area contributed by atoms with Gasteiger partial charge in [0.05, 0.1) is 5.75 Å². The number of hydrogen-bond acceptors (Lipinski definition) is 7. The molecular formula is C21H20ClN5O2S2. The van der Waals surface area contributed by atoms with Crippen molar-refractivity contribution in [3.8, 4) is 10.9 Å². The number of halogens is 1. The van der Waals surface area contributed by atoms with Gasteiger partial charge in [-0.2, -0.15) is 0 Å². The zero-order valence-corrected chi connectivity index (χ0v) is 19.6. The Morgan fingerprint density at radius 3 is 2.71 bits per heavy atom. The van der Waals surface area contributed by atoms with Gasteiger partial charge in [-0.1, -0.05) is 23.4 Å². The number of nitrogens with zero attached hydrogens (tertiary/aromatic N) is 5. The van der Waals surface area contributed by atoms with Crippen LogP contribution < -0.4 is 4.74 Å². The van der Waals surface area contributed by atoms with Crippen LogP contribution in [0, 0.1) is 13.8 Å². The monoisotopic (exact) mass is 473 g/mol. The van der Waals surface area contributed by atoms with E-state index < -0.39 is 0 Å². The van der Waals surface area contributed by atoms with E-state index in [0.717, 1.165) is 16.5 Å². The van der Waals surface area contributed by atoms with Gasteiger partial charge in [0.15, 0.2) is 21.9 Å². The summed E-state index contributed by atoms with van der Waals surface area (Å²) in [6.45, 7) is 4.20. The van der Waals surface area contributed by atoms with Gasteiger partial charge in [0, 0.05) is 40.6 Å². The molecule has 10 heteroatoms. The third-order valence-corrected chi connectivity index (χ3v) is 6.81. The summed E-state index contributed by atoms with van der Waals surface area (Å²) in [4.78, 5) is 17.2. The van der Waals surface area contributed by atoms with Gasteiger partial charge in [-0.05, 0) is 44.2 Å².